The Morgan fingerprint density at radius 3 is 2.60 bits per heavy atom. The van der Waals surface area contributed by atoms with Crippen molar-refractivity contribution in [2.75, 3.05) is 13.1 Å². The quantitative estimate of drug-likeness (QED) is 0.860. The van der Waals surface area contributed by atoms with Crippen LogP contribution in [0.15, 0.2) is 36.5 Å². The first kappa shape index (κ1) is 17.8. The number of likely N-dealkylation sites (tertiary alicyclic amines) is 1. The standard InChI is InChI=1S/C18H24ClN5O/c1-23-17(6-9-21-23)12-20-18(25)22-16-7-10-24(11-8-16)13-14-2-4-15(19)5-3-14/h2-6,9,16H,7-8,10-13H2,1H3,(H2,20,22,25). The predicted octanol–water partition coefficient (Wildman–Crippen LogP) is 2.54. The highest BCUT2D eigenvalue weighted by atomic mass is 35.5. The van der Waals surface area contributed by atoms with Crippen LogP contribution in [0, 0.1) is 0 Å². The van der Waals surface area contributed by atoms with E-state index in [1.54, 1.807) is 10.9 Å². The Kier molecular flexibility index (Phi) is 5.94. The van der Waals surface area contributed by atoms with Gasteiger partial charge in [0.05, 0.1) is 12.2 Å². The molecule has 3 rings (SSSR count). The van der Waals surface area contributed by atoms with Crippen LogP contribution in [-0.4, -0.2) is 39.8 Å². The summed E-state index contributed by atoms with van der Waals surface area (Å²) in [6.07, 6.45) is 3.66. The van der Waals surface area contributed by atoms with Gasteiger partial charge in [-0.15, -0.1) is 0 Å². The van der Waals surface area contributed by atoms with E-state index in [2.05, 4.69) is 32.8 Å². The highest BCUT2D eigenvalue weighted by Gasteiger charge is 2.20. The Hall–Kier alpha value is -2.05. The number of nitrogens with one attached hydrogen (secondary N) is 2. The van der Waals surface area contributed by atoms with Crippen molar-refractivity contribution in [2.24, 2.45) is 7.05 Å². The number of carbonyl (C=O) groups excluding carboxylic acids is 1. The summed E-state index contributed by atoms with van der Waals surface area (Å²) in [5.41, 5.74) is 2.25. The van der Waals surface area contributed by atoms with E-state index in [0.717, 1.165) is 43.2 Å². The molecule has 2 heterocycles. The van der Waals surface area contributed by atoms with Gasteiger partial charge >= 0.3 is 6.03 Å². The SMILES string of the molecule is Cn1nccc1CNC(=O)NC1CCN(Cc2ccc(Cl)cc2)CC1. The zero-order valence-electron chi connectivity index (χ0n) is 14.4. The molecular weight excluding hydrogens is 338 g/mol. The zero-order chi connectivity index (χ0) is 17.6. The number of hydrogen-bond donors (Lipinski definition) is 2. The summed E-state index contributed by atoms with van der Waals surface area (Å²) in [5.74, 6) is 0. The number of rotatable bonds is 5. The van der Waals surface area contributed by atoms with Crippen molar-refractivity contribution in [3.8, 4) is 0 Å². The molecule has 1 saturated heterocycles. The van der Waals surface area contributed by atoms with Gasteiger partial charge in [-0.05, 0) is 36.6 Å². The minimum Gasteiger partial charge on any atom is -0.335 e. The number of aryl methyl sites for hydroxylation is 1. The van der Waals surface area contributed by atoms with Crippen molar-refractivity contribution in [3.05, 3.63) is 52.8 Å². The smallest absolute Gasteiger partial charge is 0.315 e. The van der Waals surface area contributed by atoms with Crippen molar-refractivity contribution in [2.45, 2.75) is 32.0 Å². The lowest BCUT2D eigenvalue weighted by Gasteiger charge is -2.32. The van der Waals surface area contributed by atoms with E-state index in [-0.39, 0.29) is 12.1 Å². The maximum Gasteiger partial charge on any atom is 0.315 e. The van der Waals surface area contributed by atoms with E-state index in [9.17, 15) is 4.79 Å². The van der Waals surface area contributed by atoms with Gasteiger partial charge in [-0.1, -0.05) is 23.7 Å². The Balaban J connectivity index is 1.38. The maximum absolute atomic E-state index is 12.0. The molecule has 7 heteroatoms. The highest BCUT2D eigenvalue weighted by Crippen LogP contribution is 2.15. The lowest BCUT2D eigenvalue weighted by Crippen LogP contribution is -2.47. The molecule has 0 unspecified atom stereocenters. The first-order valence-corrected chi connectivity index (χ1v) is 8.96. The molecular formula is C18H24ClN5O. The molecule has 0 spiro atoms. The van der Waals surface area contributed by atoms with Gasteiger partial charge in [0.25, 0.3) is 0 Å². The Labute approximate surface area is 153 Å². The first-order valence-electron chi connectivity index (χ1n) is 8.58. The van der Waals surface area contributed by atoms with Gasteiger partial charge in [-0.3, -0.25) is 9.58 Å². The van der Waals surface area contributed by atoms with Crippen LogP contribution in [-0.2, 0) is 20.1 Å². The van der Waals surface area contributed by atoms with Gasteiger partial charge in [-0.25, -0.2) is 4.79 Å². The number of urea groups is 1. The summed E-state index contributed by atoms with van der Waals surface area (Å²) < 4.78 is 1.76. The van der Waals surface area contributed by atoms with Gasteiger partial charge < -0.3 is 10.6 Å². The summed E-state index contributed by atoms with van der Waals surface area (Å²) in [5, 5.41) is 10.8. The van der Waals surface area contributed by atoms with E-state index in [4.69, 9.17) is 11.6 Å². The summed E-state index contributed by atoms with van der Waals surface area (Å²) in [6.45, 7) is 3.37. The summed E-state index contributed by atoms with van der Waals surface area (Å²) in [6, 6.07) is 10.0. The van der Waals surface area contributed by atoms with Crippen LogP contribution in [0.3, 0.4) is 0 Å². The number of carbonyl (C=O) groups is 1. The van der Waals surface area contributed by atoms with Gasteiger partial charge in [0, 0.05) is 43.9 Å². The third-order valence-electron chi connectivity index (χ3n) is 4.59. The van der Waals surface area contributed by atoms with Gasteiger partial charge in [-0.2, -0.15) is 5.10 Å². The maximum atomic E-state index is 12.0. The van der Waals surface area contributed by atoms with E-state index in [0.29, 0.717) is 6.54 Å². The third kappa shape index (κ3) is 5.21. The fourth-order valence-corrected chi connectivity index (χ4v) is 3.19. The average Bonchev–Trinajstić information content (AvgIpc) is 3.02. The van der Waals surface area contributed by atoms with Crippen LogP contribution >= 0.6 is 11.6 Å². The molecule has 1 aliphatic heterocycles. The molecule has 0 saturated carbocycles. The van der Waals surface area contributed by atoms with Crippen molar-refractivity contribution < 1.29 is 4.79 Å². The van der Waals surface area contributed by atoms with Gasteiger partial charge in [0.2, 0.25) is 0 Å². The second kappa shape index (κ2) is 8.36. The molecule has 1 aromatic heterocycles. The lowest BCUT2D eigenvalue weighted by molar-refractivity contribution is 0.186. The summed E-state index contributed by atoms with van der Waals surface area (Å²) in [4.78, 5) is 14.5. The number of halogens is 1. The second-order valence-electron chi connectivity index (χ2n) is 6.45. The number of benzene rings is 1. The molecule has 1 fully saturated rings. The minimum absolute atomic E-state index is 0.114. The number of amides is 2. The normalized spacial score (nSPS) is 15.9. The summed E-state index contributed by atoms with van der Waals surface area (Å²) in [7, 11) is 1.87. The first-order chi connectivity index (χ1) is 12.1. The number of aromatic nitrogens is 2. The molecule has 0 aliphatic carbocycles. The van der Waals surface area contributed by atoms with E-state index >= 15 is 0 Å². The zero-order valence-corrected chi connectivity index (χ0v) is 15.2. The monoisotopic (exact) mass is 361 g/mol. The van der Waals surface area contributed by atoms with Crippen LogP contribution in [0.2, 0.25) is 5.02 Å². The Morgan fingerprint density at radius 2 is 1.96 bits per heavy atom. The second-order valence-corrected chi connectivity index (χ2v) is 6.89. The summed E-state index contributed by atoms with van der Waals surface area (Å²) >= 11 is 5.92. The van der Waals surface area contributed by atoms with Crippen molar-refractivity contribution in [1.29, 1.82) is 0 Å². The van der Waals surface area contributed by atoms with Crippen LogP contribution in [0.1, 0.15) is 24.1 Å². The molecule has 25 heavy (non-hydrogen) atoms. The number of hydrogen-bond acceptors (Lipinski definition) is 3. The molecule has 0 radical (unpaired) electrons. The molecule has 1 aromatic carbocycles. The molecule has 0 bridgehead atoms. The van der Waals surface area contributed by atoms with E-state index < -0.39 is 0 Å². The predicted molar refractivity (Wildman–Crippen MR) is 98.3 cm³/mol. The van der Waals surface area contributed by atoms with Crippen LogP contribution in [0.4, 0.5) is 4.79 Å². The van der Waals surface area contributed by atoms with Crippen molar-refractivity contribution in [3.63, 3.8) is 0 Å². The van der Waals surface area contributed by atoms with Crippen LogP contribution in [0.5, 0.6) is 0 Å². The largest absolute Gasteiger partial charge is 0.335 e. The number of nitrogens with zero attached hydrogens (tertiary/aromatic N) is 3. The fraction of sp³-hybridized carbons (Fsp3) is 0.444. The Morgan fingerprint density at radius 1 is 1.24 bits per heavy atom. The van der Waals surface area contributed by atoms with E-state index in [1.807, 2.05) is 25.2 Å². The topological polar surface area (TPSA) is 62.2 Å². The molecule has 2 N–H and O–H groups in total. The van der Waals surface area contributed by atoms with Gasteiger partial charge in [0.15, 0.2) is 0 Å². The van der Waals surface area contributed by atoms with Crippen LogP contribution < -0.4 is 10.6 Å². The average molecular weight is 362 g/mol. The molecule has 0 atom stereocenters. The van der Waals surface area contributed by atoms with Crippen molar-refractivity contribution >= 4 is 17.6 Å². The molecule has 2 aromatic rings. The lowest BCUT2D eigenvalue weighted by atomic mass is 10.0. The fourth-order valence-electron chi connectivity index (χ4n) is 3.07. The molecule has 134 valence electrons. The molecule has 6 nitrogen and oxygen atoms in total. The highest BCUT2D eigenvalue weighted by molar-refractivity contribution is 6.30. The van der Waals surface area contributed by atoms with Crippen molar-refractivity contribution in [1.82, 2.24) is 25.3 Å². The van der Waals surface area contributed by atoms with Gasteiger partial charge in [0.1, 0.15) is 0 Å². The van der Waals surface area contributed by atoms with Crippen LogP contribution in [0.25, 0.3) is 0 Å². The number of piperidine rings is 1. The third-order valence-corrected chi connectivity index (χ3v) is 4.85. The molecule has 1 aliphatic rings. The van der Waals surface area contributed by atoms with E-state index in [1.165, 1.54) is 5.56 Å². The molecule has 2 amide bonds. The minimum atomic E-state index is -0.114. The Bertz CT molecular complexity index is 692.